The van der Waals surface area contributed by atoms with Crippen LogP contribution in [-0.2, 0) is 16.3 Å². The third kappa shape index (κ3) is 3.17. The van der Waals surface area contributed by atoms with E-state index in [0.29, 0.717) is 36.2 Å². The lowest BCUT2D eigenvalue weighted by molar-refractivity contribution is 0.578. The maximum absolute atomic E-state index is 12.2. The number of hydrogen-bond acceptors (Lipinski definition) is 7. The molecule has 8 heteroatoms. The minimum absolute atomic E-state index is 0.135. The van der Waals surface area contributed by atoms with Gasteiger partial charge in [-0.1, -0.05) is 13.8 Å². The van der Waals surface area contributed by atoms with Crippen molar-refractivity contribution >= 4 is 33.2 Å². The number of nitrogens with zero attached hydrogens (tertiary/aromatic N) is 3. The van der Waals surface area contributed by atoms with Crippen molar-refractivity contribution in [2.24, 2.45) is 0 Å². The Labute approximate surface area is 124 Å². The molecule has 0 radical (unpaired) electrons. The van der Waals surface area contributed by atoms with Crippen molar-refractivity contribution in [1.82, 2.24) is 9.97 Å². The molecular weight excluding hydrogens is 296 g/mol. The number of thioether (sulfide) groups is 1. The first-order valence-corrected chi connectivity index (χ1v) is 9.54. The van der Waals surface area contributed by atoms with Gasteiger partial charge in [0.2, 0.25) is 0 Å². The fourth-order valence-electron chi connectivity index (χ4n) is 2.14. The molecule has 0 spiro atoms. The van der Waals surface area contributed by atoms with Crippen LogP contribution in [0.5, 0.6) is 0 Å². The molecule has 112 valence electrons. The molecule has 2 N–H and O–H groups in total. The van der Waals surface area contributed by atoms with Gasteiger partial charge in [-0.05, 0) is 0 Å². The largest absolute Gasteiger partial charge is 0.384 e. The lowest BCUT2D eigenvalue weighted by atomic mass is 10.4. The number of hydrogen-bond donors (Lipinski definition) is 1. The van der Waals surface area contributed by atoms with E-state index >= 15 is 0 Å². The van der Waals surface area contributed by atoms with Crippen LogP contribution < -0.4 is 10.6 Å². The van der Waals surface area contributed by atoms with Gasteiger partial charge in [0.15, 0.2) is 9.84 Å². The highest BCUT2D eigenvalue weighted by Crippen LogP contribution is 2.27. The molecule has 2 rings (SSSR count). The van der Waals surface area contributed by atoms with Gasteiger partial charge in [-0.2, -0.15) is 11.8 Å². The molecule has 1 unspecified atom stereocenters. The smallest absolute Gasteiger partial charge is 0.171 e. The van der Waals surface area contributed by atoms with Crippen molar-refractivity contribution in [3.05, 3.63) is 11.9 Å². The van der Waals surface area contributed by atoms with E-state index in [9.17, 15) is 8.42 Å². The Morgan fingerprint density at radius 3 is 2.85 bits per heavy atom. The van der Waals surface area contributed by atoms with E-state index in [1.165, 1.54) is 0 Å². The molecule has 1 aromatic heterocycles. The third-order valence-corrected chi connectivity index (χ3v) is 6.58. The van der Waals surface area contributed by atoms with Crippen molar-refractivity contribution in [2.75, 3.05) is 34.4 Å². The van der Waals surface area contributed by atoms with Crippen LogP contribution in [-0.4, -0.2) is 47.6 Å². The number of sulfone groups is 1. The van der Waals surface area contributed by atoms with Crippen LogP contribution in [0.1, 0.15) is 19.7 Å². The Balaban J connectivity index is 2.40. The van der Waals surface area contributed by atoms with Gasteiger partial charge in [-0.15, -0.1) is 0 Å². The minimum Gasteiger partial charge on any atom is -0.384 e. The molecule has 0 aromatic carbocycles. The van der Waals surface area contributed by atoms with E-state index in [4.69, 9.17) is 5.73 Å². The normalized spacial score (nSPS) is 20.1. The zero-order valence-electron chi connectivity index (χ0n) is 11.7. The lowest BCUT2D eigenvalue weighted by Crippen LogP contribution is -2.48. The molecule has 1 aromatic rings. The molecule has 0 bridgehead atoms. The topological polar surface area (TPSA) is 89.2 Å². The average Bonchev–Trinajstić information content (AvgIpc) is 2.46. The Hall–Kier alpha value is -1.02. The fourth-order valence-corrected chi connectivity index (χ4v) is 5.12. The van der Waals surface area contributed by atoms with E-state index in [-0.39, 0.29) is 5.75 Å². The molecule has 1 aliphatic rings. The van der Waals surface area contributed by atoms with E-state index in [1.807, 2.05) is 11.8 Å². The zero-order chi connectivity index (χ0) is 14.8. The Kier molecular flexibility index (Phi) is 4.74. The zero-order valence-corrected chi connectivity index (χ0v) is 13.4. The van der Waals surface area contributed by atoms with Gasteiger partial charge in [0.25, 0.3) is 0 Å². The van der Waals surface area contributed by atoms with Gasteiger partial charge >= 0.3 is 0 Å². The van der Waals surface area contributed by atoms with Gasteiger partial charge in [-0.3, -0.25) is 0 Å². The molecule has 6 nitrogen and oxygen atoms in total. The van der Waals surface area contributed by atoms with Gasteiger partial charge in [0.1, 0.15) is 22.8 Å². The number of nitrogen functional groups attached to an aromatic ring is 1. The van der Waals surface area contributed by atoms with Crippen molar-refractivity contribution in [1.29, 1.82) is 0 Å². The molecule has 0 amide bonds. The summed E-state index contributed by atoms with van der Waals surface area (Å²) in [5.41, 5.74) is 5.80. The van der Waals surface area contributed by atoms with Gasteiger partial charge in [0.05, 0.1) is 0 Å². The minimum atomic E-state index is -3.15. The van der Waals surface area contributed by atoms with Crippen LogP contribution in [0.3, 0.4) is 0 Å². The van der Waals surface area contributed by atoms with Crippen LogP contribution in [0.15, 0.2) is 6.07 Å². The van der Waals surface area contributed by atoms with Gasteiger partial charge in [-0.25, -0.2) is 18.4 Å². The monoisotopic (exact) mass is 316 g/mol. The predicted octanol–water partition coefficient (Wildman–Crippen LogP) is 0.935. The second-order valence-corrected chi connectivity index (χ2v) is 8.19. The van der Waals surface area contributed by atoms with Crippen LogP contribution in [0, 0.1) is 0 Å². The number of aryl methyl sites for hydroxylation is 1. The Bertz CT molecular complexity index is 577. The second-order valence-electron chi connectivity index (χ2n) is 4.60. The summed E-state index contributed by atoms with van der Waals surface area (Å²) in [5.74, 6) is 3.25. The summed E-state index contributed by atoms with van der Waals surface area (Å²) in [6, 6.07) is 1.66. The summed E-state index contributed by atoms with van der Waals surface area (Å²) in [7, 11) is -3.15. The molecule has 1 atom stereocenters. The summed E-state index contributed by atoms with van der Waals surface area (Å²) in [6.07, 6.45) is 0.672. The predicted molar refractivity (Wildman–Crippen MR) is 83.7 cm³/mol. The molecule has 2 heterocycles. The summed E-state index contributed by atoms with van der Waals surface area (Å²) < 4.78 is 24.5. The molecule has 0 saturated carbocycles. The molecule has 1 aliphatic heterocycles. The van der Waals surface area contributed by atoms with Gasteiger partial charge in [0, 0.05) is 36.3 Å². The number of aromatic nitrogens is 2. The van der Waals surface area contributed by atoms with Crippen molar-refractivity contribution in [2.45, 2.75) is 25.6 Å². The molecule has 20 heavy (non-hydrogen) atoms. The maximum atomic E-state index is 12.2. The summed E-state index contributed by atoms with van der Waals surface area (Å²) in [4.78, 5) is 10.4. The summed E-state index contributed by atoms with van der Waals surface area (Å²) in [6.45, 7) is 4.29. The average molecular weight is 316 g/mol. The molecule has 1 fully saturated rings. The molecule has 1 saturated heterocycles. The van der Waals surface area contributed by atoms with Gasteiger partial charge < -0.3 is 10.6 Å². The standard InChI is InChI=1S/C12H20N4O2S2/c1-3-10-14-9(13)7-11(15-10)16-5-6-19-8-12(16)20(17,18)4-2/h7,12H,3-6,8H2,1-2H3,(H2,13,14,15). The maximum Gasteiger partial charge on any atom is 0.171 e. The first kappa shape index (κ1) is 15.4. The first-order chi connectivity index (χ1) is 9.47. The summed E-state index contributed by atoms with van der Waals surface area (Å²) in [5, 5.41) is -0.523. The van der Waals surface area contributed by atoms with Crippen molar-refractivity contribution < 1.29 is 8.42 Å². The highest BCUT2D eigenvalue weighted by molar-refractivity contribution is 8.01. The first-order valence-electron chi connectivity index (χ1n) is 6.67. The van der Waals surface area contributed by atoms with E-state index in [1.54, 1.807) is 24.8 Å². The summed E-state index contributed by atoms with van der Waals surface area (Å²) >= 11 is 1.66. The Morgan fingerprint density at radius 2 is 2.20 bits per heavy atom. The molecule has 0 aliphatic carbocycles. The second kappa shape index (κ2) is 6.17. The van der Waals surface area contributed by atoms with Crippen LogP contribution in [0.4, 0.5) is 11.6 Å². The molecular formula is C12H20N4O2S2. The highest BCUT2D eigenvalue weighted by Gasteiger charge is 2.33. The lowest BCUT2D eigenvalue weighted by Gasteiger charge is -2.35. The van der Waals surface area contributed by atoms with Crippen LogP contribution in [0.25, 0.3) is 0 Å². The van der Waals surface area contributed by atoms with Crippen LogP contribution >= 0.6 is 11.8 Å². The number of nitrogens with two attached hydrogens (primary N) is 1. The third-order valence-electron chi connectivity index (χ3n) is 3.29. The SMILES string of the molecule is CCc1nc(N)cc(N2CCSCC2S(=O)(=O)CC)n1. The Morgan fingerprint density at radius 1 is 1.45 bits per heavy atom. The number of rotatable bonds is 4. The number of anilines is 2. The fraction of sp³-hybridized carbons (Fsp3) is 0.667. The highest BCUT2D eigenvalue weighted by atomic mass is 32.2. The van der Waals surface area contributed by atoms with E-state index in [2.05, 4.69) is 9.97 Å². The van der Waals surface area contributed by atoms with Crippen LogP contribution in [0.2, 0.25) is 0 Å². The quantitative estimate of drug-likeness (QED) is 0.884. The van der Waals surface area contributed by atoms with E-state index < -0.39 is 15.2 Å². The van der Waals surface area contributed by atoms with Crippen molar-refractivity contribution in [3.63, 3.8) is 0 Å². The van der Waals surface area contributed by atoms with E-state index in [0.717, 1.165) is 5.75 Å². The van der Waals surface area contributed by atoms with Crippen molar-refractivity contribution in [3.8, 4) is 0 Å².